The summed E-state index contributed by atoms with van der Waals surface area (Å²) in [6.45, 7) is 15.5. The van der Waals surface area contributed by atoms with Crippen molar-refractivity contribution in [1.82, 2.24) is 10.6 Å². The van der Waals surface area contributed by atoms with Crippen molar-refractivity contribution in [3.05, 3.63) is 0 Å². The maximum atomic E-state index is 11.9. The Morgan fingerprint density at radius 1 is 1.22 bits per heavy atom. The minimum Gasteiger partial charge on any atom is -0.444 e. The van der Waals surface area contributed by atoms with Crippen molar-refractivity contribution in [3.63, 3.8) is 0 Å². The third-order valence-electron chi connectivity index (χ3n) is 4.80. The molecule has 0 aromatic rings. The van der Waals surface area contributed by atoms with Crippen molar-refractivity contribution >= 4 is 6.09 Å². The number of carbonyl (C=O) groups excluding carboxylic acids is 1. The Labute approximate surface area is 143 Å². The lowest BCUT2D eigenvalue weighted by Gasteiger charge is -2.37. The number of carbonyl (C=O) groups is 1. The van der Waals surface area contributed by atoms with E-state index in [1.54, 1.807) is 0 Å². The van der Waals surface area contributed by atoms with Crippen LogP contribution in [0.2, 0.25) is 0 Å². The predicted molar refractivity (Wildman–Crippen MR) is 96.6 cm³/mol. The van der Waals surface area contributed by atoms with Crippen LogP contribution in [0.3, 0.4) is 0 Å². The summed E-state index contributed by atoms with van der Waals surface area (Å²) >= 11 is 0. The maximum Gasteiger partial charge on any atom is 0.407 e. The summed E-state index contributed by atoms with van der Waals surface area (Å²) in [5.41, 5.74) is -0.446. The number of ether oxygens (including phenoxy) is 1. The Morgan fingerprint density at radius 2 is 1.87 bits per heavy atom. The van der Waals surface area contributed by atoms with Crippen LogP contribution < -0.4 is 10.6 Å². The number of amides is 1. The summed E-state index contributed by atoms with van der Waals surface area (Å²) in [4.78, 5) is 11.9. The Bertz CT molecular complexity index is 363. The second-order valence-corrected chi connectivity index (χ2v) is 8.75. The van der Waals surface area contributed by atoms with Gasteiger partial charge in [0.1, 0.15) is 5.60 Å². The van der Waals surface area contributed by atoms with Gasteiger partial charge >= 0.3 is 6.09 Å². The van der Waals surface area contributed by atoms with Crippen LogP contribution in [-0.2, 0) is 4.74 Å². The molecule has 1 saturated carbocycles. The first-order valence-electron chi connectivity index (χ1n) is 9.31. The summed E-state index contributed by atoms with van der Waals surface area (Å²) in [7, 11) is 0. The Kier molecular flexibility index (Phi) is 7.85. The van der Waals surface area contributed by atoms with E-state index in [1.807, 2.05) is 20.8 Å². The van der Waals surface area contributed by atoms with Crippen LogP contribution in [0.1, 0.15) is 74.1 Å². The highest BCUT2D eigenvalue weighted by Gasteiger charge is 2.29. The van der Waals surface area contributed by atoms with Crippen molar-refractivity contribution in [3.8, 4) is 0 Å². The molecule has 1 aliphatic carbocycles. The van der Waals surface area contributed by atoms with E-state index in [1.165, 1.54) is 19.3 Å². The number of alkyl carbamates (subject to hydrolysis) is 1. The molecular weight excluding hydrogens is 288 g/mol. The molecule has 0 spiro atoms. The molecule has 0 heterocycles. The van der Waals surface area contributed by atoms with Gasteiger partial charge in [0.25, 0.3) is 0 Å². The molecule has 136 valence electrons. The lowest BCUT2D eigenvalue weighted by molar-refractivity contribution is 0.0517. The summed E-state index contributed by atoms with van der Waals surface area (Å²) in [6.07, 6.45) is 4.62. The first kappa shape index (κ1) is 20.3. The van der Waals surface area contributed by atoms with Gasteiger partial charge in [-0.3, -0.25) is 0 Å². The van der Waals surface area contributed by atoms with Crippen molar-refractivity contribution in [1.29, 1.82) is 0 Å². The second-order valence-electron chi connectivity index (χ2n) is 8.75. The fourth-order valence-electron chi connectivity index (χ4n) is 3.42. The minimum absolute atomic E-state index is 0.306. The summed E-state index contributed by atoms with van der Waals surface area (Å²) in [6, 6.07) is 0.864. The third kappa shape index (κ3) is 8.05. The molecule has 0 saturated heterocycles. The van der Waals surface area contributed by atoms with Crippen LogP contribution in [-0.4, -0.2) is 30.3 Å². The highest BCUT2D eigenvalue weighted by molar-refractivity contribution is 5.67. The lowest BCUT2D eigenvalue weighted by atomic mass is 9.77. The molecule has 0 bridgehead atoms. The molecule has 1 rings (SSSR count). The number of hydrogen-bond donors (Lipinski definition) is 2. The Hall–Kier alpha value is -0.770. The maximum absolute atomic E-state index is 11.9. The molecule has 0 aliphatic heterocycles. The SMILES string of the molecule is CC(C)CC(CNC(=O)OC(C)(C)C)NC1CCCC(C)C1C. The molecule has 0 aromatic carbocycles. The molecular formula is C19H38N2O2. The summed E-state index contributed by atoms with van der Waals surface area (Å²) in [5, 5.41) is 6.75. The molecule has 1 amide bonds. The van der Waals surface area contributed by atoms with Gasteiger partial charge in [-0.15, -0.1) is 0 Å². The molecule has 0 aromatic heterocycles. The highest BCUT2D eigenvalue weighted by Crippen LogP contribution is 2.30. The van der Waals surface area contributed by atoms with Crippen LogP contribution in [0, 0.1) is 17.8 Å². The number of rotatable bonds is 6. The largest absolute Gasteiger partial charge is 0.444 e. The molecule has 1 aliphatic rings. The van der Waals surface area contributed by atoms with Gasteiger partial charge in [0.05, 0.1) is 0 Å². The van der Waals surface area contributed by atoms with Crippen LogP contribution in [0.25, 0.3) is 0 Å². The molecule has 4 atom stereocenters. The van der Waals surface area contributed by atoms with E-state index in [2.05, 4.69) is 38.3 Å². The molecule has 4 nitrogen and oxygen atoms in total. The van der Waals surface area contributed by atoms with E-state index >= 15 is 0 Å². The van der Waals surface area contributed by atoms with Gasteiger partial charge in [0, 0.05) is 18.6 Å². The third-order valence-corrected chi connectivity index (χ3v) is 4.80. The minimum atomic E-state index is -0.446. The topological polar surface area (TPSA) is 50.4 Å². The van der Waals surface area contributed by atoms with E-state index in [9.17, 15) is 4.79 Å². The second kappa shape index (κ2) is 8.91. The molecule has 23 heavy (non-hydrogen) atoms. The normalized spacial score (nSPS) is 26.9. The van der Waals surface area contributed by atoms with Crippen LogP contribution in [0.15, 0.2) is 0 Å². The van der Waals surface area contributed by atoms with Gasteiger partial charge in [-0.25, -0.2) is 4.79 Å². The molecule has 2 N–H and O–H groups in total. The summed E-state index contributed by atoms with van der Waals surface area (Å²) < 4.78 is 5.34. The molecule has 0 radical (unpaired) electrons. The number of hydrogen-bond acceptors (Lipinski definition) is 3. The van der Waals surface area contributed by atoms with Crippen molar-refractivity contribution in [2.24, 2.45) is 17.8 Å². The smallest absolute Gasteiger partial charge is 0.407 e. The average Bonchev–Trinajstić information content (AvgIpc) is 2.38. The fourth-order valence-corrected chi connectivity index (χ4v) is 3.42. The standard InChI is InChI=1S/C19H38N2O2/c1-13(2)11-16(12-20-18(22)23-19(5,6)7)21-17-10-8-9-14(3)15(17)4/h13-17,21H,8-12H2,1-7H3,(H,20,22). The number of nitrogens with one attached hydrogen (secondary N) is 2. The van der Waals surface area contributed by atoms with E-state index in [-0.39, 0.29) is 6.09 Å². The van der Waals surface area contributed by atoms with E-state index in [4.69, 9.17) is 4.74 Å². The van der Waals surface area contributed by atoms with Crippen LogP contribution in [0.4, 0.5) is 4.79 Å². The average molecular weight is 327 g/mol. The zero-order chi connectivity index (χ0) is 17.6. The van der Waals surface area contributed by atoms with Gasteiger partial charge in [-0.2, -0.15) is 0 Å². The van der Waals surface area contributed by atoms with Gasteiger partial charge in [-0.1, -0.05) is 40.5 Å². The lowest BCUT2D eigenvalue weighted by Crippen LogP contribution is -2.50. The predicted octanol–water partition coefficient (Wildman–Crippen LogP) is 4.34. The van der Waals surface area contributed by atoms with Crippen LogP contribution >= 0.6 is 0 Å². The Morgan fingerprint density at radius 3 is 2.43 bits per heavy atom. The highest BCUT2D eigenvalue weighted by atomic mass is 16.6. The monoisotopic (exact) mass is 326 g/mol. The molecule has 4 unspecified atom stereocenters. The first-order valence-corrected chi connectivity index (χ1v) is 9.31. The zero-order valence-corrected chi connectivity index (χ0v) is 16.2. The van der Waals surface area contributed by atoms with E-state index in [0.29, 0.717) is 30.5 Å². The molecule has 1 fully saturated rings. The van der Waals surface area contributed by atoms with Crippen molar-refractivity contribution < 1.29 is 9.53 Å². The van der Waals surface area contributed by atoms with Crippen molar-refractivity contribution in [2.45, 2.75) is 91.8 Å². The van der Waals surface area contributed by atoms with Gasteiger partial charge < -0.3 is 15.4 Å². The van der Waals surface area contributed by atoms with Gasteiger partial charge in [0.2, 0.25) is 0 Å². The van der Waals surface area contributed by atoms with E-state index < -0.39 is 5.60 Å². The van der Waals surface area contributed by atoms with Crippen molar-refractivity contribution in [2.75, 3.05) is 6.54 Å². The first-order chi connectivity index (χ1) is 10.6. The van der Waals surface area contributed by atoms with Gasteiger partial charge in [-0.05, 0) is 51.4 Å². The fraction of sp³-hybridized carbons (Fsp3) is 0.947. The quantitative estimate of drug-likeness (QED) is 0.763. The van der Waals surface area contributed by atoms with Gasteiger partial charge in [0.15, 0.2) is 0 Å². The summed E-state index contributed by atoms with van der Waals surface area (Å²) in [5.74, 6) is 2.07. The van der Waals surface area contributed by atoms with E-state index in [0.717, 1.165) is 12.3 Å². The Balaban J connectivity index is 2.53. The molecule has 4 heteroatoms. The zero-order valence-electron chi connectivity index (χ0n) is 16.2. The van der Waals surface area contributed by atoms with Crippen LogP contribution in [0.5, 0.6) is 0 Å².